The lowest BCUT2D eigenvalue weighted by molar-refractivity contribution is -0.117. The van der Waals surface area contributed by atoms with E-state index in [2.05, 4.69) is 5.32 Å². The highest BCUT2D eigenvalue weighted by Crippen LogP contribution is 2.55. The van der Waals surface area contributed by atoms with Gasteiger partial charge in [-0.3, -0.25) is 9.59 Å². The van der Waals surface area contributed by atoms with Crippen LogP contribution in [0.15, 0.2) is 24.3 Å². The number of hydrogen-bond acceptors (Lipinski definition) is 3. The van der Waals surface area contributed by atoms with Gasteiger partial charge in [-0.25, -0.2) is 0 Å². The van der Waals surface area contributed by atoms with Crippen LogP contribution in [-0.2, 0) is 4.79 Å². The van der Waals surface area contributed by atoms with Gasteiger partial charge in [0, 0.05) is 30.3 Å². The standard InChI is InChI=1S/C20H26N2O3/c23-15-7-4-10-22(12-15)20(25)13-5-3-6-14(11-13)21-19(24)18-16-8-1-2-9-17(16)18/h3,5-6,11,15-18,23H,1-2,4,7-10,12H2,(H,21,24). The molecule has 2 saturated carbocycles. The summed E-state index contributed by atoms with van der Waals surface area (Å²) < 4.78 is 0. The molecule has 3 fully saturated rings. The monoisotopic (exact) mass is 342 g/mol. The molecule has 0 radical (unpaired) electrons. The van der Waals surface area contributed by atoms with Crippen LogP contribution in [-0.4, -0.2) is 41.0 Å². The molecule has 25 heavy (non-hydrogen) atoms. The molecule has 1 aromatic carbocycles. The van der Waals surface area contributed by atoms with Crippen LogP contribution in [0.3, 0.4) is 0 Å². The lowest BCUT2D eigenvalue weighted by Gasteiger charge is -2.30. The first-order chi connectivity index (χ1) is 12.1. The highest BCUT2D eigenvalue weighted by Gasteiger charge is 2.54. The van der Waals surface area contributed by atoms with Crippen LogP contribution in [0.5, 0.6) is 0 Å². The van der Waals surface area contributed by atoms with Crippen molar-refractivity contribution < 1.29 is 14.7 Å². The van der Waals surface area contributed by atoms with E-state index >= 15 is 0 Å². The molecule has 1 saturated heterocycles. The Kier molecular flexibility index (Phi) is 4.50. The third-order valence-electron chi connectivity index (χ3n) is 6.02. The van der Waals surface area contributed by atoms with E-state index in [-0.39, 0.29) is 17.7 Å². The summed E-state index contributed by atoms with van der Waals surface area (Å²) >= 11 is 0. The van der Waals surface area contributed by atoms with E-state index in [0.717, 1.165) is 12.8 Å². The van der Waals surface area contributed by atoms with Gasteiger partial charge in [0.25, 0.3) is 5.91 Å². The third-order valence-corrected chi connectivity index (χ3v) is 6.02. The number of β-amino-alcohol motifs (C(OH)–C–C–N with tert-alkyl or cyclic N) is 1. The molecule has 1 aliphatic heterocycles. The number of carbonyl (C=O) groups excluding carboxylic acids is 2. The summed E-state index contributed by atoms with van der Waals surface area (Å²) in [6.07, 6.45) is 6.00. The van der Waals surface area contributed by atoms with E-state index in [9.17, 15) is 14.7 Å². The van der Waals surface area contributed by atoms with Gasteiger partial charge in [0.1, 0.15) is 0 Å². The Morgan fingerprint density at radius 2 is 1.84 bits per heavy atom. The smallest absolute Gasteiger partial charge is 0.254 e. The number of carbonyl (C=O) groups is 2. The van der Waals surface area contributed by atoms with Gasteiger partial charge in [-0.2, -0.15) is 0 Å². The summed E-state index contributed by atoms with van der Waals surface area (Å²) in [7, 11) is 0. The minimum absolute atomic E-state index is 0.0741. The predicted molar refractivity (Wildman–Crippen MR) is 95.2 cm³/mol. The number of aliphatic hydroxyl groups excluding tert-OH is 1. The van der Waals surface area contributed by atoms with Crippen LogP contribution in [0, 0.1) is 17.8 Å². The van der Waals surface area contributed by atoms with Gasteiger partial charge in [0.2, 0.25) is 5.91 Å². The molecule has 0 bridgehead atoms. The Labute approximate surface area is 148 Å². The summed E-state index contributed by atoms with van der Waals surface area (Å²) in [6, 6.07) is 7.18. The van der Waals surface area contributed by atoms with Crippen LogP contribution in [0.1, 0.15) is 48.9 Å². The largest absolute Gasteiger partial charge is 0.391 e. The van der Waals surface area contributed by atoms with Crippen molar-refractivity contribution in [1.82, 2.24) is 4.90 Å². The van der Waals surface area contributed by atoms with Gasteiger partial charge in [-0.05, 0) is 55.7 Å². The number of likely N-dealkylation sites (tertiary alicyclic amines) is 1. The van der Waals surface area contributed by atoms with Crippen molar-refractivity contribution in [3.63, 3.8) is 0 Å². The van der Waals surface area contributed by atoms with E-state index in [1.807, 2.05) is 12.1 Å². The number of rotatable bonds is 3. The zero-order valence-corrected chi connectivity index (χ0v) is 14.5. The van der Waals surface area contributed by atoms with Crippen LogP contribution >= 0.6 is 0 Å². The van der Waals surface area contributed by atoms with Gasteiger partial charge in [-0.15, -0.1) is 0 Å². The molecular formula is C20H26N2O3. The van der Waals surface area contributed by atoms with Gasteiger partial charge < -0.3 is 15.3 Å². The maximum atomic E-state index is 12.6. The molecule has 134 valence electrons. The first-order valence-corrected chi connectivity index (χ1v) is 9.52. The van der Waals surface area contributed by atoms with E-state index < -0.39 is 6.10 Å². The Balaban J connectivity index is 1.41. The number of benzene rings is 1. The topological polar surface area (TPSA) is 69.6 Å². The van der Waals surface area contributed by atoms with Gasteiger partial charge >= 0.3 is 0 Å². The third kappa shape index (κ3) is 3.43. The zero-order valence-electron chi connectivity index (χ0n) is 14.5. The molecule has 3 unspecified atom stereocenters. The SMILES string of the molecule is O=C(Nc1cccc(C(=O)N2CCCC(O)C2)c1)C1C2CCCCC21. The highest BCUT2D eigenvalue weighted by molar-refractivity contribution is 5.98. The maximum Gasteiger partial charge on any atom is 0.254 e. The number of aliphatic hydroxyl groups is 1. The first-order valence-electron chi connectivity index (χ1n) is 9.52. The molecule has 2 amide bonds. The van der Waals surface area contributed by atoms with Crippen molar-refractivity contribution in [1.29, 1.82) is 0 Å². The highest BCUT2D eigenvalue weighted by atomic mass is 16.3. The molecule has 3 aliphatic rings. The second-order valence-corrected chi connectivity index (χ2v) is 7.76. The van der Waals surface area contributed by atoms with E-state index in [1.54, 1.807) is 17.0 Å². The molecule has 4 rings (SSSR count). The number of hydrogen-bond donors (Lipinski definition) is 2. The summed E-state index contributed by atoms with van der Waals surface area (Å²) in [6.45, 7) is 1.07. The fourth-order valence-corrected chi connectivity index (χ4v) is 4.66. The number of nitrogens with zero attached hydrogens (tertiary/aromatic N) is 1. The van der Waals surface area contributed by atoms with Crippen molar-refractivity contribution in [3.05, 3.63) is 29.8 Å². The van der Waals surface area contributed by atoms with Gasteiger partial charge in [-0.1, -0.05) is 18.9 Å². The average molecular weight is 342 g/mol. The Hall–Kier alpha value is -1.88. The maximum absolute atomic E-state index is 12.6. The fourth-order valence-electron chi connectivity index (χ4n) is 4.66. The van der Waals surface area contributed by atoms with E-state index in [0.29, 0.717) is 36.2 Å². The molecule has 1 aromatic rings. The number of amides is 2. The number of piperidine rings is 1. The minimum atomic E-state index is -0.432. The molecule has 2 aliphatic carbocycles. The van der Waals surface area contributed by atoms with E-state index in [4.69, 9.17) is 0 Å². The predicted octanol–water partition coefficient (Wildman–Crippen LogP) is 2.66. The fraction of sp³-hybridized carbons (Fsp3) is 0.600. The number of anilines is 1. The Morgan fingerprint density at radius 3 is 2.56 bits per heavy atom. The van der Waals surface area contributed by atoms with Crippen molar-refractivity contribution in [2.75, 3.05) is 18.4 Å². The molecule has 5 heteroatoms. The van der Waals surface area contributed by atoms with Crippen LogP contribution in [0.25, 0.3) is 0 Å². The van der Waals surface area contributed by atoms with Crippen LogP contribution in [0.2, 0.25) is 0 Å². The molecule has 1 heterocycles. The number of fused-ring (bicyclic) bond motifs is 1. The lowest BCUT2D eigenvalue weighted by atomic mass is 10.0. The van der Waals surface area contributed by atoms with Gasteiger partial charge in [0.15, 0.2) is 0 Å². The van der Waals surface area contributed by atoms with Crippen molar-refractivity contribution in [2.45, 2.75) is 44.6 Å². The molecular weight excluding hydrogens is 316 g/mol. The second kappa shape index (κ2) is 6.79. The Bertz CT molecular complexity index is 663. The Morgan fingerprint density at radius 1 is 1.08 bits per heavy atom. The summed E-state index contributed by atoms with van der Waals surface area (Å²) in [5.74, 6) is 1.35. The zero-order chi connectivity index (χ0) is 17.4. The lowest BCUT2D eigenvalue weighted by Crippen LogP contribution is -2.42. The van der Waals surface area contributed by atoms with Crippen molar-refractivity contribution in [3.8, 4) is 0 Å². The summed E-state index contributed by atoms with van der Waals surface area (Å²) in [5.41, 5.74) is 1.26. The van der Waals surface area contributed by atoms with E-state index in [1.165, 1.54) is 25.7 Å². The molecule has 5 nitrogen and oxygen atoms in total. The second-order valence-electron chi connectivity index (χ2n) is 7.76. The van der Waals surface area contributed by atoms with Crippen LogP contribution in [0.4, 0.5) is 5.69 Å². The summed E-state index contributed by atoms with van der Waals surface area (Å²) in [4.78, 5) is 26.9. The summed E-state index contributed by atoms with van der Waals surface area (Å²) in [5, 5.41) is 12.8. The quantitative estimate of drug-likeness (QED) is 0.887. The van der Waals surface area contributed by atoms with Crippen molar-refractivity contribution >= 4 is 17.5 Å². The minimum Gasteiger partial charge on any atom is -0.391 e. The normalized spacial score (nSPS) is 31.2. The van der Waals surface area contributed by atoms with Crippen LogP contribution < -0.4 is 5.32 Å². The molecule has 0 aromatic heterocycles. The average Bonchev–Trinajstić information content (AvgIpc) is 3.36. The molecule has 0 spiro atoms. The van der Waals surface area contributed by atoms with Gasteiger partial charge in [0.05, 0.1) is 6.10 Å². The first kappa shape index (κ1) is 16.6. The molecule has 2 N–H and O–H groups in total. The number of nitrogens with one attached hydrogen (secondary N) is 1. The molecule has 3 atom stereocenters. The van der Waals surface area contributed by atoms with Crippen molar-refractivity contribution in [2.24, 2.45) is 17.8 Å².